The van der Waals surface area contributed by atoms with E-state index in [4.69, 9.17) is 5.73 Å². The Hall–Kier alpha value is -0.900. The van der Waals surface area contributed by atoms with Crippen molar-refractivity contribution in [3.63, 3.8) is 0 Å². The van der Waals surface area contributed by atoms with Crippen molar-refractivity contribution in [1.29, 1.82) is 0 Å². The smallest absolute Gasteiger partial charge is 0.222 e. The van der Waals surface area contributed by atoms with Crippen LogP contribution in [0.2, 0.25) is 0 Å². The first kappa shape index (κ1) is 8.20. The summed E-state index contributed by atoms with van der Waals surface area (Å²) in [6, 6.07) is 1.73. The maximum Gasteiger partial charge on any atom is 0.222 e. The van der Waals surface area contributed by atoms with Crippen LogP contribution in [0.1, 0.15) is 10.4 Å². The number of thioether (sulfide) groups is 1. The van der Waals surface area contributed by atoms with Crippen LogP contribution in [0.5, 0.6) is 0 Å². The Morgan fingerprint density at radius 2 is 2.36 bits per heavy atom. The summed E-state index contributed by atoms with van der Waals surface area (Å²) in [7, 11) is 1.81. The standard InChI is InChI=1S/C7H10N2OS/c1-9-4-3-5(6(9)8)7(10)11-2/h3-4H,8H2,1-2H3. The van der Waals surface area contributed by atoms with Crippen LogP contribution < -0.4 is 5.73 Å². The van der Waals surface area contributed by atoms with Crippen molar-refractivity contribution < 1.29 is 4.79 Å². The predicted octanol–water partition coefficient (Wildman–Crippen LogP) is 1.11. The van der Waals surface area contributed by atoms with E-state index in [1.165, 1.54) is 11.8 Å². The van der Waals surface area contributed by atoms with E-state index in [0.29, 0.717) is 11.4 Å². The Morgan fingerprint density at radius 1 is 1.73 bits per heavy atom. The quantitative estimate of drug-likeness (QED) is 0.686. The van der Waals surface area contributed by atoms with Gasteiger partial charge >= 0.3 is 0 Å². The van der Waals surface area contributed by atoms with Gasteiger partial charge in [0, 0.05) is 13.2 Å². The summed E-state index contributed by atoms with van der Waals surface area (Å²) in [5.41, 5.74) is 6.21. The SMILES string of the molecule is CSC(=O)c1ccn(C)c1N. The van der Waals surface area contributed by atoms with Gasteiger partial charge < -0.3 is 10.3 Å². The number of hydrogen-bond donors (Lipinski definition) is 1. The highest BCUT2D eigenvalue weighted by atomic mass is 32.2. The van der Waals surface area contributed by atoms with Gasteiger partial charge in [0.15, 0.2) is 0 Å². The first-order valence-electron chi connectivity index (χ1n) is 3.16. The van der Waals surface area contributed by atoms with E-state index in [-0.39, 0.29) is 5.12 Å². The fraction of sp³-hybridized carbons (Fsp3) is 0.286. The molecule has 0 aliphatic rings. The van der Waals surface area contributed by atoms with Gasteiger partial charge in [-0.1, -0.05) is 11.8 Å². The van der Waals surface area contributed by atoms with Crippen molar-refractivity contribution in [2.75, 3.05) is 12.0 Å². The molecule has 2 N–H and O–H groups in total. The molecule has 1 rings (SSSR count). The molecule has 60 valence electrons. The number of carbonyl (C=O) groups excluding carboxylic acids is 1. The number of rotatable bonds is 1. The molecule has 1 heterocycles. The summed E-state index contributed by atoms with van der Waals surface area (Å²) in [6.07, 6.45) is 3.52. The summed E-state index contributed by atoms with van der Waals surface area (Å²) >= 11 is 1.17. The number of nitrogen functional groups attached to an aromatic ring is 1. The monoisotopic (exact) mass is 170 g/mol. The van der Waals surface area contributed by atoms with Crippen molar-refractivity contribution in [3.8, 4) is 0 Å². The molecule has 0 spiro atoms. The number of carbonyl (C=O) groups is 1. The van der Waals surface area contributed by atoms with Crippen molar-refractivity contribution >= 4 is 22.7 Å². The third kappa shape index (κ3) is 1.40. The van der Waals surface area contributed by atoms with Crippen LogP contribution in [-0.4, -0.2) is 15.9 Å². The molecule has 0 saturated heterocycles. The average molecular weight is 170 g/mol. The molecule has 0 radical (unpaired) electrons. The number of aryl methyl sites for hydroxylation is 1. The predicted molar refractivity (Wildman–Crippen MR) is 47.7 cm³/mol. The van der Waals surface area contributed by atoms with Gasteiger partial charge in [0.05, 0.1) is 5.56 Å². The second kappa shape index (κ2) is 3.00. The molecule has 11 heavy (non-hydrogen) atoms. The zero-order valence-corrected chi connectivity index (χ0v) is 7.31. The van der Waals surface area contributed by atoms with Crippen molar-refractivity contribution in [2.24, 2.45) is 7.05 Å². The molecule has 4 heteroatoms. The summed E-state index contributed by atoms with van der Waals surface area (Å²) in [6.45, 7) is 0. The molecule has 0 saturated carbocycles. The van der Waals surface area contributed by atoms with Crippen LogP contribution in [0.4, 0.5) is 5.82 Å². The van der Waals surface area contributed by atoms with E-state index in [2.05, 4.69) is 0 Å². The Balaban J connectivity index is 3.04. The van der Waals surface area contributed by atoms with Gasteiger partial charge in [-0.3, -0.25) is 4.79 Å². The highest BCUT2D eigenvalue weighted by Crippen LogP contribution is 2.16. The summed E-state index contributed by atoms with van der Waals surface area (Å²) in [5.74, 6) is 0.532. The normalized spacial score (nSPS) is 10.0. The third-order valence-electron chi connectivity index (χ3n) is 1.53. The van der Waals surface area contributed by atoms with Crippen LogP contribution in [0, 0.1) is 0 Å². The number of aromatic nitrogens is 1. The fourth-order valence-corrected chi connectivity index (χ4v) is 1.22. The average Bonchev–Trinajstić information content (AvgIpc) is 2.32. The van der Waals surface area contributed by atoms with Crippen LogP contribution in [0.25, 0.3) is 0 Å². The van der Waals surface area contributed by atoms with Gasteiger partial charge in [0.1, 0.15) is 5.82 Å². The molecule has 0 fully saturated rings. The van der Waals surface area contributed by atoms with Gasteiger partial charge in [0.2, 0.25) is 5.12 Å². The van der Waals surface area contributed by atoms with Crippen LogP contribution >= 0.6 is 11.8 Å². The fourth-order valence-electron chi connectivity index (χ4n) is 0.825. The summed E-state index contributed by atoms with van der Waals surface area (Å²) in [4.78, 5) is 11.1. The largest absolute Gasteiger partial charge is 0.384 e. The van der Waals surface area contributed by atoms with Gasteiger partial charge in [-0.25, -0.2) is 0 Å². The Labute approximate surface area is 69.6 Å². The van der Waals surface area contributed by atoms with E-state index in [1.807, 2.05) is 7.05 Å². The summed E-state index contributed by atoms with van der Waals surface area (Å²) in [5, 5.41) is 0.0168. The van der Waals surface area contributed by atoms with Crippen molar-refractivity contribution in [3.05, 3.63) is 17.8 Å². The minimum atomic E-state index is 0.0168. The molecule has 0 amide bonds. The minimum absolute atomic E-state index is 0.0168. The number of anilines is 1. The first-order valence-corrected chi connectivity index (χ1v) is 4.38. The zero-order chi connectivity index (χ0) is 8.43. The first-order chi connectivity index (χ1) is 5.16. The lowest BCUT2D eigenvalue weighted by Crippen LogP contribution is -2.00. The number of nitrogens with zero attached hydrogens (tertiary/aromatic N) is 1. The molecule has 0 atom stereocenters. The Bertz CT molecular complexity index is 280. The van der Waals surface area contributed by atoms with Gasteiger partial charge in [-0.2, -0.15) is 0 Å². The molecule has 0 aliphatic carbocycles. The Kier molecular flexibility index (Phi) is 2.24. The molecule has 0 aliphatic heterocycles. The number of hydrogen-bond acceptors (Lipinski definition) is 3. The summed E-state index contributed by atoms with van der Waals surface area (Å²) < 4.78 is 1.73. The third-order valence-corrected chi connectivity index (χ3v) is 2.12. The maximum absolute atomic E-state index is 11.1. The van der Waals surface area contributed by atoms with E-state index in [0.717, 1.165) is 0 Å². The number of nitrogens with two attached hydrogens (primary N) is 1. The molecular formula is C7H10N2OS. The van der Waals surface area contributed by atoms with Crippen molar-refractivity contribution in [2.45, 2.75) is 0 Å². The van der Waals surface area contributed by atoms with E-state index >= 15 is 0 Å². The highest BCUT2D eigenvalue weighted by molar-refractivity contribution is 8.13. The van der Waals surface area contributed by atoms with E-state index in [9.17, 15) is 4.79 Å². The molecule has 1 aromatic heterocycles. The molecule has 0 unspecified atom stereocenters. The maximum atomic E-state index is 11.1. The second-order valence-corrected chi connectivity index (χ2v) is 3.00. The lowest BCUT2D eigenvalue weighted by atomic mass is 10.3. The molecule has 3 nitrogen and oxygen atoms in total. The lowest BCUT2D eigenvalue weighted by molar-refractivity contribution is 0.109. The second-order valence-electron chi connectivity index (χ2n) is 2.22. The molecule has 0 aromatic carbocycles. The molecule has 1 aromatic rings. The molecule has 0 bridgehead atoms. The topological polar surface area (TPSA) is 48.0 Å². The van der Waals surface area contributed by atoms with Crippen LogP contribution in [0.15, 0.2) is 12.3 Å². The van der Waals surface area contributed by atoms with Gasteiger partial charge in [0.25, 0.3) is 0 Å². The minimum Gasteiger partial charge on any atom is -0.384 e. The van der Waals surface area contributed by atoms with Gasteiger partial charge in [-0.05, 0) is 12.3 Å². The lowest BCUT2D eigenvalue weighted by Gasteiger charge is -1.97. The van der Waals surface area contributed by atoms with E-state index < -0.39 is 0 Å². The van der Waals surface area contributed by atoms with E-state index in [1.54, 1.807) is 23.1 Å². The van der Waals surface area contributed by atoms with Gasteiger partial charge in [-0.15, -0.1) is 0 Å². The molecular weight excluding hydrogens is 160 g/mol. The van der Waals surface area contributed by atoms with Crippen LogP contribution in [0.3, 0.4) is 0 Å². The van der Waals surface area contributed by atoms with Crippen LogP contribution in [-0.2, 0) is 7.05 Å². The highest BCUT2D eigenvalue weighted by Gasteiger charge is 2.09. The van der Waals surface area contributed by atoms with Crippen molar-refractivity contribution in [1.82, 2.24) is 4.57 Å². The Morgan fingerprint density at radius 3 is 2.73 bits per heavy atom. The zero-order valence-electron chi connectivity index (χ0n) is 6.50.